The number of carbonyl (C=O) groups is 1. The number of unbranched alkanes of at least 4 members (excludes halogenated alkanes) is 1. The molecule has 0 unspecified atom stereocenters. The number of hydrogen-bond donors (Lipinski definition) is 2. The number of carboxylic acid groups (broad SMARTS) is 1. The quantitative estimate of drug-likeness (QED) is 0.725. The number of para-hydroxylation sites is 1. The van der Waals surface area contributed by atoms with E-state index in [2.05, 4.69) is 12.2 Å². The fourth-order valence-corrected chi connectivity index (χ4v) is 1.67. The molecule has 3 heteroatoms. The second-order valence-electron chi connectivity index (χ2n) is 3.78. The predicted molar refractivity (Wildman–Crippen MR) is 66.2 cm³/mol. The molecule has 0 heterocycles. The summed E-state index contributed by atoms with van der Waals surface area (Å²) in [6, 6.07) is 5.42. The van der Waals surface area contributed by atoms with Gasteiger partial charge >= 0.3 is 5.97 Å². The van der Waals surface area contributed by atoms with Gasteiger partial charge in [0, 0.05) is 6.54 Å². The number of aryl methyl sites for hydroxylation is 1. The van der Waals surface area contributed by atoms with Crippen LogP contribution >= 0.6 is 0 Å². The smallest absolute Gasteiger partial charge is 0.337 e. The molecule has 0 radical (unpaired) electrons. The minimum atomic E-state index is -0.866. The minimum absolute atomic E-state index is 0.371. The van der Waals surface area contributed by atoms with Crippen molar-refractivity contribution in [2.45, 2.75) is 33.1 Å². The van der Waals surface area contributed by atoms with Crippen molar-refractivity contribution in [1.29, 1.82) is 0 Å². The summed E-state index contributed by atoms with van der Waals surface area (Å²) in [7, 11) is 0. The number of nitrogens with one attached hydrogen (secondary N) is 1. The number of rotatable bonds is 6. The summed E-state index contributed by atoms with van der Waals surface area (Å²) >= 11 is 0. The molecule has 0 saturated heterocycles. The number of benzene rings is 1. The molecule has 1 aromatic carbocycles. The molecule has 0 atom stereocenters. The van der Waals surface area contributed by atoms with Crippen LogP contribution < -0.4 is 5.32 Å². The van der Waals surface area contributed by atoms with Crippen molar-refractivity contribution in [2.24, 2.45) is 0 Å². The van der Waals surface area contributed by atoms with Crippen molar-refractivity contribution in [3.05, 3.63) is 29.3 Å². The van der Waals surface area contributed by atoms with E-state index in [1.807, 2.05) is 13.0 Å². The number of carboxylic acids is 1. The highest BCUT2D eigenvalue weighted by molar-refractivity contribution is 5.95. The molecule has 16 heavy (non-hydrogen) atoms. The molecule has 0 fully saturated rings. The van der Waals surface area contributed by atoms with Crippen molar-refractivity contribution in [3.8, 4) is 0 Å². The lowest BCUT2D eigenvalue weighted by atomic mass is 10.0. The molecule has 0 aliphatic rings. The first-order valence-electron chi connectivity index (χ1n) is 5.79. The highest BCUT2D eigenvalue weighted by atomic mass is 16.4. The van der Waals surface area contributed by atoms with E-state index in [1.165, 1.54) is 0 Å². The first-order chi connectivity index (χ1) is 7.70. The highest BCUT2D eigenvalue weighted by Gasteiger charge is 2.12. The maximum Gasteiger partial charge on any atom is 0.337 e. The van der Waals surface area contributed by atoms with Gasteiger partial charge in [-0.15, -0.1) is 0 Å². The van der Waals surface area contributed by atoms with Crippen LogP contribution in [-0.4, -0.2) is 17.6 Å². The van der Waals surface area contributed by atoms with E-state index in [4.69, 9.17) is 5.11 Å². The highest BCUT2D eigenvalue weighted by Crippen LogP contribution is 2.22. The number of anilines is 1. The Labute approximate surface area is 96.5 Å². The van der Waals surface area contributed by atoms with Crippen molar-refractivity contribution in [2.75, 3.05) is 11.9 Å². The van der Waals surface area contributed by atoms with E-state index >= 15 is 0 Å². The van der Waals surface area contributed by atoms with E-state index < -0.39 is 5.97 Å². The fraction of sp³-hybridized carbons (Fsp3) is 0.462. The second-order valence-corrected chi connectivity index (χ2v) is 3.78. The molecule has 3 nitrogen and oxygen atoms in total. The van der Waals surface area contributed by atoms with Crippen LogP contribution in [0, 0.1) is 0 Å². The van der Waals surface area contributed by atoms with Gasteiger partial charge in [-0.05, 0) is 24.5 Å². The molecule has 0 aliphatic carbocycles. The van der Waals surface area contributed by atoms with Gasteiger partial charge in [-0.3, -0.25) is 0 Å². The van der Waals surface area contributed by atoms with Crippen molar-refractivity contribution in [1.82, 2.24) is 0 Å². The standard InChI is InChI=1S/C13H19NO2/c1-3-5-9-14-12-10(4-2)7-6-8-11(12)13(15)16/h6-8,14H,3-5,9H2,1-2H3,(H,15,16). The summed E-state index contributed by atoms with van der Waals surface area (Å²) in [5, 5.41) is 12.3. The third-order valence-corrected chi connectivity index (χ3v) is 2.59. The van der Waals surface area contributed by atoms with Gasteiger partial charge in [-0.1, -0.05) is 32.4 Å². The Kier molecular flexibility index (Phi) is 4.83. The van der Waals surface area contributed by atoms with Crippen molar-refractivity contribution < 1.29 is 9.90 Å². The van der Waals surface area contributed by atoms with E-state index in [1.54, 1.807) is 12.1 Å². The van der Waals surface area contributed by atoms with Gasteiger partial charge in [0.25, 0.3) is 0 Å². The summed E-state index contributed by atoms with van der Waals surface area (Å²) < 4.78 is 0. The molecule has 1 rings (SSSR count). The lowest BCUT2D eigenvalue weighted by Gasteiger charge is -2.13. The predicted octanol–water partition coefficient (Wildman–Crippen LogP) is 3.16. The molecule has 0 bridgehead atoms. The van der Waals surface area contributed by atoms with Gasteiger partial charge in [0.1, 0.15) is 0 Å². The normalized spacial score (nSPS) is 10.1. The molecule has 0 saturated carbocycles. The Bertz CT molecular complexity index is 361. The van der Waals surface area contributed by atoms with Crippen LogP contribution in [0.25, 0.3) is 0 Å². The largest absolute Gasteiger partial charge is 0.478 e. The minimum Gasteiger partial charge on any atom is -0.478 e. The Morgan fingerprint density at radius 2 is 2.12 bits per heavy atom. The second kappa shape index (κ2) is 6.16. The summed E-state index contributed by atoms with van der Waals surface area (Å²) in [5.74, 6) is -0.866. The molecule has 88 valence electrons. The van der Waals surface area contributed by atoms with Crippen LogP contribution in [0.5, 0.6) is 0 Å². The van der Waals surface area contributed by atoms with Gasteiger partial charge in [-0.2, -0.15) is 0 Å². The molecule has 0 spiro atoms. The maximum absolute atomic E-state index is 11.1. The van der Waals surface area contributed by atoms with Crippen LogP contribution in [0.4, 0.5) is 5.69 Å². The van der Waals surface area contributed by atoms with Crippen LogP contribution in [0.15, 0.2) is 18.2 Å². The zero-order valence-corrected chi connectivity index (χ0v) is 9.92. The summed E-state index contributed by atoms with van der Waals surface area (Å²) in [5.41, 5.74) is 2.22. The Hall–Kier alpha value is -1.51. The average Bonchev–Trinajstić information content (AvgIpc) is 2.29. The first-order valence-corrected chi connectivity index (χ1v) is 5.79. The molecule has 1 aromatic rings. The van der Waals surface area contributed by atoms with E-state index in [0.717, 1.165) is 37.1 Å². The molecular formula is C13H19NO2. The molecule has 0 aliphatic heterocycles. The van der Waals surface area contributed by atoms with Crippen molar-refractivity contribution >= 4 is 11.7 Å². The Morgan fingerprint density at radius 3 is 2.69 bits per heavy atom. The summed E-state index contributed by atoms with van der Waals surface area (Å²) in [6.45, 7) is 4.98. The monoisotopic (exact) mass is 221 g/mol. The van der Waals surface area contributed by atoms with Crippen LogP contribution in [-0.2, 0) is 6.42 Å². The summed E-state index contributed by atoms with van der Waals surface area (Å²) in [6.07, 6.45) is 3.00. The van der Waals surface area contributed by atoms with Gasteiger partial charge in [0.2, 0.25) is 0 Å². The molecule has 2 N–H and O–H groups in total. The van der Waals surface area contributed by atoms with E-state index in [9.17, 15) is 4.79 Å². The first kappa shape index (κ1) is 12.6. The van der Waals surface area contributed by atoms with Crippen LogP contribution in [0.2, 0.25) is 0 Å². The van der Waals surface area contributed by atoms with Crippen molar-refractivity contribution in [3.63, 3.8) is 0 Å². The third kappa shape index (κ3) is 2.99. The number of aromatic carboxylic acids is 1. The van der Waals surface area contributed by atoms with E-state index in [0.29, 0.717) is 5.56 Å². The zero-order chi connectivity index (χ0) is 12.0. The maximum atomic E-state index is 11.1. The third-order valence-electron chi connectivity index (χ3n) is 2.59. The lowest BCUT2D eigenvalue weighted by molar-refractivity contribution is 0.0698. The number of hydrogen-bond acceptors (Lipinski definition) is 2. The lowest BCUT2D eigenvalue weighted by Crippen LogP contribution is -2.09. The average molecular weight is 221 g/mol. The van der Waals surface area contributed by atoms with E-state index in [-0.39, 0.29) is 0 Å². The van der Waals surface area contributed by atoms with Crippen LogP contribution in [0.1, 0.15) is 42.6 Å². The van der Waals surface area contributed by atoms with Gasteiger partial charge in [0.15, 0.2) is 0 Å². The molecule has 0 amide bonds. The van der Waals surface area contributed by atoms with Gasteiger partial charge < -0.3 is 10.4 Å². The molecule has 0 aromatic heterocycles. The van der Waals surface area contributed by atoms with Gasteiger partial charge in [-0.25, -0.2) is 4.79 Å². The zero-order valence-electron chi connectivity index (χ0n) is 9.92. The topological polar surface area (TPSA) is 49.3 Å². The SMILES string of the molecule is CCCCNc1c(CC)cccc1C(=O)O. The Morgan fingerprint density at radius 1 is 1.38 bits per heavy atom. The van der Waals surface area contributed by atoms with Gasteiger partial charge in [0.05, 0.1) is 11.3 Å². The fourth-order valence-electron chi connectivity index (χ4n) is 1.67. The summed E-state index contributed by atoms with van der Waals surface area (Å²) in [4.78, 5) is 11.1. The molecular weight excluding hydrogens is 202 g/mol. The Balaban J connectivity index is 2.95. The van der Waals surface area contributed by atoms with Crippen LogP contribution in [0.3, 0.4) is 0 Å².